The van der Waals surface area contributed by atoms with E-state index in [0.717, 1.165) is 0 Å². The first-order chi connectivity index (χ1) is 21.5. The first-order valence-corrected chi connectivity index (χ1v) is 14.7. The van der Waals surface area contributed by atoms with Crippen LogP contribution in [0.25, 0.3) is 22.2 Å². The van der Waals surface area contributed by atoms with E-state index in [2.05, 4.69) is 15.3 Å². The van der Waals surface area contributed by atoms with Crippen molar-refractivity contribution in [1.29, 1.82) is 0 Å². The van der Waals surface area contributed by atoms with Crippen LogP contribution in [0.4, 0.5) is 24.7 Å². The fourth-order valence-corrected chi connectivity index (χ4v) is 5.87. The first kappa shape index (κ1) is 33.0. The first-order valence-electron chi connectivity index (χ1n) is 13.9. The van der Waals surface area contributed by atoms with Gasteiger partial charge < -0.3 is 25.6 Å². The summed E-state index contributed by atoms with van der Waals surface area (Å²) in [6.07, 6.45) is -1.44. The molecule has 244 valence electrons. The number of nitrogens with two attached hydrogens (primary N) is 1. The zero-order valence-electron chi connectivity index (χ0n) is 24.8. The van der Waals surface area contributed by atoms with Crippen LogP contribution < -0.4 is 21.5 Å². The molecule has 0 radical (unpaired) electrons. The third kappa shape index (κ3) is 6.62. The lowest BCUT2D eigenvalue weighted by Gasteiger charge is -2.40. The minimum atomic E-state index is -4.30. The van der Waals surface area contributed by atoms with Gasteiger partial charge in [0.15, 0.2) is 0 Å². The summed E-state index contributed by atoms with van der Waals surface area (Å²) in [5, 5.41) is 13.1. The van der Waals surface area contributed by atoms with Crippen LogP contribution in [-0.2, 0) is 18.4 Å². The summed E-state index contributed by atoms with van der Waals surface area (Å²) >= 11 is 12.5. The van der Waals surface area contributed by atoms with Gasteiger partial charge in [0.25, 0.3) is 11.5 Å². The lowest BCUT2D eigenvalue weighted by Crippen LogP contribution is -2.54. The molecule has 3 aromatic heterocycles. The molecular formula is C29H29Cl2F3N8O4. The number of hydrogen-bond donors (Lipinski definition) is 3. The van der Waals surface area contributed by atoms with Crippen LogP contribution in [0.2, 0.25) is 10.0 Å². The van der Waals surface area contributed by atoms with E-state index in [0.29, 0.717) is 17.2 Å². The number of alkyl halides is 3. The number of aryl methyl sites for hydroxylation is 1. The number of phenols is 1. The number of rotatable bonds is 7. The molecule has 4 aromatic rings. The second-order valence-electron chi connectivity index (χ2n) is 11.1. The van der Waals surface area contributed by atoms with E-state index in [1.165, 1.54) is 45.6 Å². The van der Waals surface area contributed by atoms with Gasteiger partial charge in [-0.15, -0.1) is 0 Å². The van der Waals surface area contributed by atoms with Gasteiger partial charge in [-0.1, -0.05) is 23.2 Å². The molecule has 1 aliphatic rings. The molecule has 0 saturated carbocycles. The molecule has 5 rings (SSSR count). The van der Waals surface area contributed by atoms with Crippen molar-refractivity contribution in [2.45, 2.75) is 32.6 Å². The van der Waals surface area contributed by atoms with Crippen LogP contribution in [0, 0.1) is 6.92 Å². The Morgan fingerprint density at radius 3 is 2.54 bits per heavy atom. The second-order valence-corrected chi connectivity index (χ2v) is 11.9. The Hall–Kier alpha value is -4.34. The lowest BCUT2D eigenvalue weighted by molar-refractivity contribution is -0.147. The van der Waals surface area contributed by atoms with Crippen molar-refractivity contribution in [2.75, 3.05) is 36.4 Å². The zero-order valence-corrected chi connectivity index (χ0v) is 26.3. The van der Waals surface area contributed by atoms with Crippen LogP contribution in [0.15, 0.2) is 35.4 Å². The molecule has 46 heavy (non-hydrogen) atoms. The van der Waals surface area contributed by atoms with E-state index < -0.39 is 35.8 Å². The normalized spacial score (nSPS) is 15.8. The number of pyridine rings is 1. The molecule has 1 aromatic carbocycles. The Morgan fingerprint density at radius 2 is 1.89 bits per heavy atom. The van der Waals surface area contributed by atoms with Gasteiger partial charge in [-0.2, -0.15) is 13.2 Å². The summed E-state index contributed by atoms with van der Waals surface area (Å²) in [4.78, 5) is 50.7. The minimum Gasteiger partial charge on any atom is -0.506 e. The number of piperazine rings is 1. The number of anilines is 2. The third-order valence-corrected chi connectivity index (χ3v) is 8.39. The van der Waals surface area contributed by atoms with Crippen LogP contribution in [-0.4, -0.2) is 79.3 Å². The molecule has 1 atom stereocenters. The fourth-order valence-electron chi connectivity index (χ4n) is 5.50. The fraction of sp³-hybridized carbons (Fsp3) is 0.345. The Balaban J connectivity index is 1.44. The standard InChI is InChI=1S/C29H29Cl2F3N8O4/c1-14-10-40(13-29(32,33)34)4-5-42(14)22-8-21(20(31)9-36-22)38-23(43)12-41-11-18(24-27(41)37-15(2)39(3)28(24)46)16-6-17(26(35)45)25(44)19(30)7-16/h6-9,11,14,44H,4-5,10,12-13H2,1-3H3,(H2,35,45)(H,36,38,43)/t14-/m0/s1. The van der Waals surface area contributed by atoms with Crippen molar-refractivity contribution < 1.29 is 27.9 Å². The van der Waals surface area contributed by atoms with Gasteiger partial charge in [0.1, 0.15) is 29.6 Å². The number of nitrogens with one attached hydrogen (secondary N) is 1. The monoisotopic (exact) mass is 680 g/mol. The van der Waals surface area contributed by atoms with Gasteiger partial charge >= 0.3 is 6.18 Å². The van der Waals surface area contributed by atoms with Crippen molar-refractivity contribution in [1.82, 2.24) is 24.0 Å². The second kappa shape index (κ2) is 12.5. The number of carbonyl (C=O) groups is 2. The molecule has 4 heterocycles. The maximum Gasteiger partial charge on any atom is 0.401 e. The highest BCUT2D eigenvalue weighted by Gasteiger charge is 2.34. The molecule has 2 amide bonds. The number of amides is 2. The number of nitrogens with zero attached hydrogens (tertiary/aromatic N) is 6. The van der Waals surface area contributed by atoms with E-state index >= 15 is 0 Å². The molecule has 12 nitrogen and oxygen atoms in total. The number of primary amides is 1. The molecular weight excluding hydrogens is 652 g/mol. The molecule has 0 aliphatic carbocycles. The molecule has 1 saturated heterocycles. The Kier molecular flexibility index (Phi) is 8.94. The summed E-state index contributed by atoms with van der Waals surface area (Å²) in [6, 6.07) is 3.92. The average Bonchev–Trinajstić information content (AvgIpc) is 3.31. The van der Waals surface area contributed by atoms with Crippen LogP contribution in [0.1, 0.15) is 23.1 Å². The van der Waals surface area contributed by atoms with Gasteiger partial charge in [-0.05, 0) is 31.5 Å². The number of halogens is 5. The zero-order chi connectivity index (χ0) is 33.7. The number of hydrogen-bond acceptors (Lipinski definition) is 8. The third-order valence-electron chi connectivity index (χ3n) is 7.80. The van der Waals surface area contributed by atoms with E-state index in [4.69, 9.17) is 28.9 Å². The molecule has 1 fully saturated rings. The Morgan fingerprint density at radius 1 is 1.17 bits per heavy atom. The van der Waals surface area contributed by atoms with Crippen LogP contribution in [0.3, 0.4) is 0 Å². The van der Waals surface area contributed by atoms with Gasteiger partial charge in [-0.25, -0.2) is 9.97 Å². The van der Waals surface area contributed by atoms with Crippen molar-refractivity contribution in [3.8, 4) is 16.9 Å². The van der Waals surface area contributed by atoms with E-state index in [1.807, 2.05) is 4.90 Å². The number of aromatic nitrogens is 4. The lowest BCUT2D eigenvalue weighted by atomic mass is 10.0. The number of fused-ring (bicyclic) bond motifs is 1. The average molecular weight is 682 g/mol. The maximum absolute atomic E-state index is 13.4. The largest absolute Gasteiger partial charge is 0.506 e. The van der Waals surface area contributed by atoms with E-state index in [1.54, 1.807) is 19.9 Å². The molecule has 1 aliphatic heterocycles. The molecule has 0 spiro atoms. The highest BCUT2D eigenvalue weighted by Crippen LogP contribution is 2.36. The van der Waals surface area contributed by atoms with Crippen LogP contribution >= 0.6 is 23.2 Å². The highest BCUT2D eigenvalue weighted by molar-refractivity contribution is 6.34. The van der Waals surface area contributed by atoms with Crippen molar-refractivity contribution in [3.05, 3.63) is 62.4 Å². The number of benzene rings is 1. The predicted octanol–water partition coefficient (Wildman–Crippen LogP) is 3.93. The van der Waals surface area contributed by atoms with Crippen LogP contribution in [0.5, 0.6) is 5.75 Å². The molecule has 0 bridgehead atoms. The summed E-state index contributed by atoms with van der Waals surface area (Å²) in [6.45, 7) is 2.75. The summed E-state index contributed by atoms with van der Waals surface area (Å²) in [5.74, 6) is -1.17. The predicted molar refractivity (Wildman–Crippen MR) is 168 cm³/mol. The van der Waals surface area contributed by atoms with E-state index in [9.17, 15) is 32.7 Å². The van der Waals surface area contributed by atoms with Crippen molar-refractivity contribution in [3.63, 3.8) is 0 Å². The Labute approximate surface area is 270 Å². The smallest absolute Gasteiger partial charge is 0.401 e. The van der Waals surface area contributed by atoms with Gasteiger partial charge in [0.05, 0.1) is 39.4 Å². The molecule has 0 unspecified atom stereocenters. The van der Waals surface area contributed by atoms with Gasteiger partial charge in [0, 0.05) is 50.6 Å². The maximum atomic E-state index is 13.4. The Bertz CT molecular complexity index is 1930. The molecule has 17 heteroatoms. The SMILES string of the molecule is Cc1nc2c(c(-c3cc(Cl)c(O)c(C(N)=O)c3)cn2CC(=O)Nc2cc(N3CCN(CC(F)(F)F)C[C@@H]3C)ncc2Cl)c(=O)n1C. The minimum absolute atomic E-state index is 0.138. The summed E-state index contributed by atoms with van der Waals surface area (Å²) in [7, 11) is 1.54. The quantitative estimate of drug-likeness (QED) is 0.266. The highest BCUT2D eigenvalue weighted by atomic mass is 35.5. The summed E-state index contributed by atoms with van der Waals surface area (Å²) in [5.41, 5.74) is 5.73. The molecule has 4 N–H and O–H groups in total. The number of carbonyl (C=O) groups excluding carboxylic acids is 2. The summed E-state index contributed by atoms with van der Waals surface area (Å²) < 4.78 is 41.5. The van der Waals surface area contributed by atoms with Gasteiger partial charge in [-0.3, -0.25) is 23.9 Å². The van der Waals surface area contributed by atoms with Gasteiger partial charge in [0.2, 0.25) is 5.91 Å². The van der Waals surface area contributed by atoms with E-state index in [-0.39, 0.29) is 70.1 Å². The van der Waals surface area contributed by atoms with Crippen molar-refractivity contribution >= 4 is 57.6 Å². The van der Waals surface area contributed by atoms with Crippen molar-refractivity contribution in [2.24, 2.45) is 12.8 Å². The topological polar surface area (TPSA) is 152 Å². The number of aromatic hydroxyl groups is 1.